The van der Waals surface area contributed by atoms with Crippen molar-refractivity contribution in [2.45, 2.75) is 19.6 Å². The standard InChI is InChI=1S/C28H22ClN7O/c29-23-9-8-21-13-30-24(12-22(21)11-23)14-31-27-25-17-36(34-28(25)33-18-32-27)16-20-6-4-19(5-7-20)15-35-10-2-1-3-26(35)37/h1-13,17-18H,14-16H2,(H,31,32,33,34). The molecule has 6 rings (SSSR count). The SMILES string of the molecule is O=c1ccccn1Cc1ccc(Cn2cc3c(NCc4cc5cc(Cl)ccc5cn4)ncnc3n2)cc1. The molecule has 0 amide bonds. The number of aromatic nitrogens is 6. The average Bonchev–Trinajstić information content (AvgIpc) is 3.32. The van der Waals surface area contributed by atoms with E-state index in [1.54, 1.807) is 22.9 Å². The lowest BCUT2D eigenvalue weighted by molar-refractivity contribution is 0.692. The summed E-state index contributed by atoms with van der Waals surface area (Å²) >= 11 is 6.14. The summed E-state index contributed by atoms with van der Waals surface area (Å²) in [7, 11) is 0. The summed E-state index contributed by atoms with van der Waals surface area (Å²) in [6, 6.07) is 21.1. The van der Waals surface area contributed by atoms with Gasteiger partial charge in [-0.05, 0) is 40.8 Å². The van der Waals surface area contributed by atoms with Gasteiger partial charge in [-0.2, -0.15) is 5.10 Å². The Labute approximate surface area is 217 Å². The molecule has 0 saturated heterocycles. The van der Waals surface area contributed by atoms with Crippen molar-refractivity contribution in [2.24, 2.45) is 0 Å². The van der Waals surface area contributed by atoms with Crippen LogP contribution in [0.1, 0.15) is 16.8 Å². The highest BCUT2D eigenvalue weighted by atomic mass is 35.5. The highest BCUT2D eigenvalue weighted by Gasteiger charge is 2.10. The van der Waals surface area contributed by atoms with Gasteiger partial charge in [-0.1, -0.05) is 48.0 Å². The van der Waals surface area contributed by atoms with Crippen molar-refractivity contribution in [3.8, 4) is 0 Å². The highest BCUT2D eigenvalue weighted by molar-refractivity contribution is 6.31. The van der Waals surface area contributed by atoms with Crippen molar-refractivity contribution in [1.29, 1.82) is 0 Å². The predicted molar refractivity (Wildman–Crippen MR) is 145 cm³/mol. The first-order valence-electron chi connectivity index (χ1n) is 11.8. The molecule has 1 N–H and O–H groups in total. The molecule has 0 fully saturated rings. The van der Waals surface area contributed by atoms with E-state index in [2.05, 4.69) is 37.5 Å². The summed E-state index contributed by atoms with van der Waals surface area (Å²) in [6.07, 6.45) is 7.10. The van der Waals surface area contributed by atoms with E-state index in [1.807, 2.05) is 59.5 Å². The van der Waals surface area contributed by atoms with Crippen molar-refractivity contribution < 1.29 is 0 Å². The predicted octanol–water partition coefficient (Wildman–Crippen LogP) is 4.90. The van der Waals surface area contributed by atoms with E-state index >= 15 is 0 Å². The van der Waals surface area contributed by atoms with Gasteiger partial charge in [0.15, 0.2) is 5.65 Å². The normalized spacial score (nSPS) is 11.3. The van der Waals surface area contributed by atoms with Gasteiger partial charge >= 0.3 is 0 Å². The number of benzene rings is 2. The van der Waals surface area contributed by atoms with Gasteiger partial charge < -0.3 is 9.88 Å². The summed E-state index contributed by atoms with van der Waals surface area (Å²) in [5.74, 6) is 0.702. The fourth-order valence-electron chi connectivity index (χ4n) is 4.26. The minimum atomic E-state index is -0.0128. The molecule has 37 heavy (non-hydrogen) atoms. The van der Waals surface area contributed by atoms with Gasteiger partial charge in [-0.15, -0.1) is 0 Å². The van der Waals surface area contributed by atoms with Crippen LogP contribution in [0.25, 0.3) is 21.8 Å². The van der Waals surface area contributed by atoms with Crippen molar-refractivity contribution in [3.63, 3.8) is 0 Å². The number of pyridine rings is 2. The van der Waals surface area contributed by atoms with Gasteiger partial charge in [0.25, 0.3) is 5.56 Å². The zero-order chi connectivity index (χ0) is 25.2. The number of hydrogen-bond donors (Lipinski definition) is 1. The fourth-order valence-corrected chi connectivity index (χ4v) is 4.44. The van der Waals surface area contributed by atoms with E-state index in [4.69, 9.17) is 11.6 Å². The van der Waals surface area contributed by atoms with Crippen LogP contribution in [0.15, 0.2) is 96.4 Å². The largest absolute Gasteiger partial charge is 0.364 e. The van der Waals surface area contributed by atoms with E-state index in [1.165, 1.54) is 6.33 Å². The first-order chi connectivity index (χ1) is 18.1. The molecule has 0 aliphatic rings. The number of hydrogen-bond acceptors (Lipinski definition) is 6. The molecule has 0 saturated carbocycles. The van der Waals surface area contributed by atoms with Crippen LogP contribution in [0, 0.1) is 0 Å². The highest BCUT2D eigenvalue weighted by Crippen LogP contribution is 2.22. The number of fused-ring (bicyclic) bond motifs is 2. The Morgan fingerprint density at radius 1 is 0.865 bits per heavy atom. The molecule has 4 aromatic heterocycles. The lowest BCUT2D eigenvalue weighted by Gasteiger charge is -2.07. The maximum atomic E-state index is 12.0. The van der Waals surface area contributed by atoms with Gasteiger partial charge in [0.1, 0.15) is 12.1 Å². The second kappa shape index (κ2) is 9.83. The van der Waals surface area contributed by atoms with E-state index in [0.717, 1.165) is 33.0 Å². The molecular weight excluding hydrogens is 486 g/mol. The van der Waals surface area contributed by atoms with Crippen LogP contribution in [-0.2, 0) is 19.6 Å². The number of rotatable bonds is 7. The van der Waals surface area contributed by atoms with Crippen molar-refractivity contribution in [1.82, 2.24) is 29.3 Å². The third-order valence-corrected chi connectivity index (χ3v) is 6.40. The van der Waals surface area contributed by atoms with Gasteiger partial charge in [0.2, 0.25) is 0 Å². The Balaban J connectivity index is 1.16. The van der Waals surface area contributed by atoms with E-state index in [9.17, 15) is 4.79 Å². The maximum Gasteiger partial charge on any atom is 0.250 e. The second-order valence-corrected chi connectivity index (χ2v) is 9.23. The first-order valence-corrected chi connectivity index (χ1v) is 12.2. The molecule has 8 nitrogen and oxygen atoms in total. The first kappa shape index (κ1) is 22.9. The third kappa shape index (κ3) is 5.05. The number of nitrogens with zero attached hydrogens (tertiary/aromatic N) is 6. The summed E-state index contributed by atoms with van der Waals surface area (Å²) < 4.78 is 3.54. The van der Waals surface area contributed by atoms with Crippen LogP contribution >= 0.6 is 11.6 Å². The molecule has 0 unspecified atom stereocenters. The van der Waals surface area contributed by atoms with Crippen LogP contribution in [0.5, 0.6) is 0 Å². The Hall–Kier alpha value is -4.56. The van der Waals surface area contributed by atoms with E-state index in [-0.39, 0.29) is 5.56 Å². The average molecular weight is 508 g/mol. The Morgan fingerprint density at radius 2 is 1.70 bits per heavy atom. The van der Waals surface area contributed by atoms with Crippen molar-refractivity contribution in [3.05, 3.63) is 124 Å². The fraction of sp³-hybridized carbons (Fsp3) is 0.107. The van der Waals surface area contributed by atoms with Crippen molar-refractivity contribution in [2.75, 3.05) is 5.32 Å². The monoisotopic (exact) mass is 507 g/mol. The molecule has 9 heteroatoms. The van der Waals surface area contributed by atoms with Gasteiger partial charge in [0, 0.05) is 35.1 Å². The van der Waals surface area contributed by atoms with Crippen LogP contribution < -0.4 is 10.9 Å². The Kier molecular flexibility index (Phi) is 6.08. The molecule has 4 heterocycles. The molecule has 2 aromatic carbocycles. The third-order valence-electron chi connectivity index (χ3n) is 6.16. The Morgan fingerprint density at radius 3 is 2.54 bits per heavy atom. The minimum absolute atomic E-state index is 0.0128. The zero-order valence-corrected chi connectivity index (χ0v) is 20.5. The summed E-state index contributed by atoms with van der Waals surface area (Å²) in [4.78, 5) is 25.3. The number of anilines is 1. The van der Waals surface area contributed by atoms with Gasteiger partial charge in [-0.25, -0.2) is 9.97 Å². The molecule has 0 aliphatic carbocycles. The molecular formula is C28H22ClN7O. The molecule has 0 aliphatic heterocycles. The van der Waals surface area contributed by atoms with Crippen molar-refractivity contribution >= 4 is 39.2 Å². The van der Waals surface area contributed by atoms with Gasteiger partial charge in [-0.3, -0.25) is 14.5 Å². The lowest BCUT2D eigenvalue weighted by Crippen LogP contribution is -2.18. The maximum absolute atomic E-state index is 12.0. The summed E-state index contributed by atoms with van der Waals surface area (Å²) in [5.41, 5.74) is 3.65. The molecule has 0 bridgehead atoms. The molecule has 0 atom stereocenters. The topological polar surface area (TPSA) is 90.5 Å². The summed E-state index contributed by atoms with van der Waals surface area (Å²) in [5, 5.41) is 11.6. The minimum Gasteiger partial charge on any atom is -0.364 e. The van der Waals surface area contributed by atoms with Crippen LogP contribution in [0.4, 0.5) is 5.82 Å². The molecule has 0 spiro atoms. The van der Waals surface area contributed by atoms with Gasteiger partial charge in [0.05, 0.1) is 30.7 Å². The quantitative estimate of drug-likeness (QED) is 0.330. The lowest BCUT2D eigenvalue weighted by atomic mass is 10.1. The van der Waals surface area contributed by atoms with Crippen LogP contribution in [-0.4, -0.2) is 29.3 Å². The van der Waals surface area contributed by atoms with Crippen LogP contribution in [0.2, 0.25) is 5.02 Å². The van der Waals surface area contributed by atoms with E-state index < -0.39 is 0 Å². The number of nitrogens with one attached hydrogen (secondary N) is 1. The smallest absolute Gasteiger partial charge is 0.250 e. The number of halogens is 1. The second-order valence-electron chi connectivity index (χ2n) is 8.79. The molecule has 182 valence electrons. The van der Waals surface area contributed by atoms with Crippen LogP contribution in [0.3, 0.4) is 0 Å². The zero-order valence-electron chi connectivity index (χ0n) is 19.8. The Bertz CT molecular complexity index is 1780. The van der Waals surface area contributed by atoms with E-state index in [0.29, 0.717) is 36.1 Å². The molecule has 6 aromatic rings. The summed E-state index contributed by atoms with van der Waals surface area (Å²) in [6.45, 7) is 1.63. The molecule has 0 radical (unpaired) electrons.